The van der Waals surface area contributed by atoms with Crippen molar-refractivity contribution in [1.29, 1.82) is 0 Å². The molecule has 6 rings (SSSR count). The van der Waals surface area contributed by atoms with Crippen molar-refractivity contribution >= 4 is 5.78 Å². The van der Waals surface area contributed by atoms with E-state index in [1.807, 2.05) is 24.3 Å². The number of nitrogens with zero attached hydrogens (tertiary/aromatic N) is 5. The summed E-state index contributed by atoms with van der Waals surface area (Å²) in [5.41, 5.74) is 2.49. The zero-order chi connectivity index (χ0) is 24.7. The van der Waals surface area contributed by atoms with E-state index in [0.717, 1.165) is 68.5 Å². The summed E-state index contributed by atoms with van der Waals surface area (Å²) < 4.78 is 12.4. The van der Waals surface area contributed by atoms with E-state index in [-0.39, 0.29) is 6.10 Å². The average molecular weight is 488 g/mol. The van der Waals surface area contributed by atoms with Gasteiger partial charge in [0.15, 0.2) is 17.3 Å². The number of pyridine rings is 1. The maximum absolute atomic E-state index is 13.1. The number of ether oxygens (including phenoxy) is 1. The number of rotatable bonds is 5. The molecule has 4 heterocycles. The van der Waals surface area contributed by atoms with Crippen molar-refractivity contribution in [2.24, 2.45) is 0 Å². The van der Waals surface area contributed by atoms with E-state index in [4.69, 9.17) is 19.2 Å². The minimum absolute atomic E-state index is 0.0220. The van der Waals surface area contributed by atoms with Gasteiger partial charge in [-0.15, -0.1) is 0 Å². The lowest BCUT2D eigenvalue weighted by molar-refractivity contribution is -0.128. The van der Waals surface area contributed by atoms with Crippen LogP contribution in [0.5, 0.6) is 5.88 Å². The third-order valence-electron chi connectivity index (χ3n) is 8.31. The Morgan fingerprint density at radius 1 is 1.11 bits per heavy atom. The van der Waals surface area contributed by atoms with Crippen LogP contribution < -0.4 is 4.74 Å². The number of carbonyl (C=O) groups is 1. The summed E-state index contributed by atoms with van der Waals surface area (Å²) in [4.78, 5) is 29.6. The minimum atomic E-state index is -0.531. The summed E-state index contributed by atoms with van der Waals surface area (Å²) in [6.45, 7) is 3.18. The first-order valence-corrected chi connectivity index (χ1v) is 13.3. The molecule has 1 saturated carbocycles. The molecule has 1 spiro atoms. The van der Waals surface area contributed by atoms with Crippen LogP contribution in [0, 0.1) is 0 Å². The van der Waals surface area contributed by atoms with Crippen LogP contribution in [0.2, 0.25) is 0 Å². The maximum atomic E-state index is 13.1. The van der Waals surface area contributed by atoms with E-state index in [9.17, 15) is 4.79 Å². The Labute approximate surface area is 211 Å². The van der Waals surface area contributed by atoms with E-state index in [0.29, 0.717) is 41.3 Å². The van der Waals surface area contributed by atoms with Gasteiger partial charge >= 0.3 is 0 Å². The molecule has 8 heteroatoms. The second-order valence-electron chi connectivity index (χ2n) is 10.5. The lowest BCUT2D eigenvalue weighted by atomic mass is 9.64. The Bertz CT molecular complexity index is 1260. The van der Waals surface area contributed by atoms with Crippen molar-refractivity contribution in [3.63, 3.8) is 0 Å². The Morgan fingerprint density at radius 3 is 2.78 bits per heavy atom. The summed E-state index contributed by atoms with van der Waals surface area (Å²) in [6, 6.07) is 7.96. The zero-order valence-corrected chi connectivity index (χ0v) is 21.1. The fourth-order valence-electron chi connectivity index (χ4n) is 6.40. The first-order chi connectivity index (χ1) is 17.5. The highest BCUT2D eigenvalue weighted by Gasteiger charge is 2.48. The second-order valence-corrected chi connectivity index (χ2v) is 10.5. The van der Waals surface area contributed by atoms with Crippen molar-refractivity contribution in [1.82, 2.24) is 25.0 Å². The number of hydrogen-bond donors (Lipinski definition) is 0. The molecule has 0 N–H and O–H groups in total. The fraction of sp³-hybridized carbons (Fsp3) is 0.536. The molecule has 0 amide bonds. The van der Waals surface area contributed by atoms with Crippen molar-refractivity contribution < 1.29 is 14.1 Å². The van der Waals surface area contributed by atoms with Gasteiger partial charge in [-0.1, -0.05) is 17.6 Å². The molecule has 2 aliphatic carbocycles. The normalized spacial score (nSPS) is 25.2. The number of ketones is 1. The van der Waals surface area contributed by atoms with Gasteiger partial charge in [-0.2, -0.15) is 4.98 Å². The second kappa shape index (κ2) is 9.39. The van der Waals surface area contributed by atoms with Crippen LogP contribution >= 0.6 is 0 Å². The minimum Gasteiger partial charge on any atom is -0.473 e. The summed E-state index contributed by atoms with van der Waals surface area (Å²) >= 11 is 0. The van der Waals surface area contributed by atoms with Crippen LogP contribution in [0.4, 0.5) is 0 Å². The molecular formula is C28H33N5O3. The van der Waals surface area contributed by atoms with Gasteiger partial charge < -0.3 is 9.26 Å². The van der Waals surface area contributed by atoms with Crippen LogP contribution in [0.3, 0.4) is 0 Å². The Kier molecular flexibility index (Phi) is 6.07. The van der Waals surface area contributed by atoms with Crippen molar-refractivity contribution in [2.75, 3.05) is 13.6 Å². The molecule has 3 aromatic heterocycles. The molecule has 0 bridgehead atoms. The van der Waals surface area contributed by atoms with Gasteiger partial charge in [0.25, 0.3) is 0 Å². The van der Waals surface area contributed by atoms with E-state index in [2.05, 4.69) is 29.0 Å². The number of aromatic nitrogens is 4. The van der Waals surface area contributed by atoms with Crippen LogP contribution in [0.15, 0.2) is 35.0 Å². The van der Waals surface area contributed by atoms with Crippen molar-refractivity contribution in [3.8, 4) is 28.8 Å². The van der Waals surface area contributed by atoms with Crippen molar-refractivity contribution in [2.45, 2.75) is 82.3 Å². The van der Waals surface area contributed by atoms with Gasteiger partial charge in [0.05, 0.1) is 16.8 Å². The van der Waals surface area contributed by atoms with Crippen LogP contribution in [-0.2, 0) is 16.6 Å². The van der Waals surface area contributed by atoms with Gasteiger partial charge in [-0.25, -0.2) is 4.98 Å². The molecule has 188 valence electrons. The molecule has 1 aliphatic heterocycles. The number of hydrogen-bond acceptors (Lipinski definition) is 8. The molecule has 0 aromatic carbocycles. The van der Waals surface area contributed by atoms with E-state index in [1.54, 1.807) is 6.20 Å². The highest BCUT2D eigenvalue weighted by atomic mass is 16.5. The third kappa shape index (κ3) is 4.01. The van der Waals surface area contributed by atoms with Gasteiger partial charge in [-0.3, -0.25) is 14.7 Å². The Hall–Kier alpha value is -3.13. The first kappa shape index (κ1) is 23.3. The van der Waals surface area contributed by atoms with Crippen LogP contribution in [0.25, 0.3) is 22.9 Å². The smallest absolute Gasteiger partial charge is 0.217 e. The fourth-order valence-corrected chi connectivity index (χ4v) is 6.40. The number of likely N-dealkylation sites (tertiary alicyclic amines) is 1. The Balaban J connectivity index is 1.41. The lowest BCUT2D eigenvalue weighted by Crippen LogP contribution is -2.41. The molecule has 0 unspecified atom stereocenters. The summed E-state index contributed by atoms with van der Waals surface area (Å²) in [5, 5.41) is 4.46. The van der Waals surface area contributed by atoms with Gasteiger partial charge in [0.2, 0.25) is 5.88 Å². The largest absolute Gasteiger partial charge is 0.473 e. The predicted molar refractivity (Wildman–Crippen MR) is 135 cm³/mol. The summed E-state index contributed by atoms with van der Waals surface area (Å²) in [6.07, 6.45) is 10.0. The average Bonchev–Trinajstić information content (AvgIpc) is 3.53. The van der Waals surface area contributed by atoms with Gasteiger partial charge in [0.1, 0.15) is 11.9 Å². The zero-order valence-electron chi connectivity index (χ0n) is 21.1. The SMILES string of the molecule is C[C@H](Oc1cc(-c2ccccn2)nc(-c2noc3c2CCC[C@@]32CCCCC2=O)n1)[C@@H]1CCCN1C. The number of likely N-dealkylation sites (N-methyl/N-ethyl adjacent to an activating group) is 1. The summed E-state index contributed by atoms with van der Waals surface area (Å²) in [5.74, 6) is 2.00. The molecule has 8 nitrogen and oxygen atoms in total. The van der Waals surface area contributed by atoms with Crippen molar-refractivity contribution in [3.05, 3.63) is 41.8 Å². The number of fused-ring (bicyclic) bond motifs is 2. The Morgan fingerprint density at radius 2 is 2.00 bits per heavy atom. The topological polar surface area (TPSA) is 94.2 Å². The first-order valence-electron chi connectivity index (χ1n) is 13.3. The quantitative estimate of drug-likeness (QED) is 0.508. The lowest BCUT2D eigenvalue weighted by Gasteiger charge is -2.36. The van der Waals surface area contributed by atoms with Gasteiger partial charge in [-0.05, 0) is 77.6 Å². The number of carbonyl (C=O) groups excluding carboxylic acids is 1. The molecule has 36 heavy (non-hydrogen) atoms. The molecule has 3 aliphatic rings. The summed E-state index contributed by atoms with van der Waals surface area (Å²) in [7, 11) is 2.15. The molecule has 3 atom stereocenters. The highest BCUT2D eigenvalue weighted by molar-refractivity contribution is 5.91. The maximum Gasteiger partial charge on any atom is 0.217 e. The van der Waals surface area contributed by atoms with E-state index in [1.165, 1.54) is 6.42 Å². The van der Waals surface area contributed by atoms with Crippen LogP contribution in [0.1, 0.15) is 69.6 Å². The molecule has 2 fully saturated rings. The number of Topliss-reactive ketones (excluding diaryl/α,β-unsaturated/α-hetero) is 1. The monoisotopic (exact) mass is 487 g/mol. The van der Waals surface area contributed by atoms with E-state index >= 15 is 0 Å². The molecule has 3 aromatic rings. The molecule has 0 radical (unpaired) electrons. The van der Waals surface area contributed by atoms with Crippen LogP contribution in [-0.4, -0.2) is 56.5 Å². The molecular weight excluding hydrogens is 454 g/mol. The van der Waals surface area contributed by atoms with Gasteiger partial charge in [0, 0.05) is 30.3 Å². The third-order valence-corrected chi connectivity index (χ3v) is 8.31. The highest BCUT2D eigenvalue weighted by Crippen LogP contribution is 2.47. The standard InChI is InChI=1S/C28H33N5O3/c1-18(22-11-8-16-33(22)2)35-24-17-21(20-10-4-6-15-29-20)30-27(31-24)25-19-9-7-14-28(26(19)36-32-25)13-5-3-12-23(28)34/h4,6,10,15,17-18,22H,3,5,7-9,11-14,16H2,1-2H3/t18-,22-,28+/m0/s1. The predicted octanol–water partition coefficient (Wildman–Crippen LogP) is 4.77. The van der Waals surface area contributed by atoms with E-state index < -0.39 is 5.41 Å². The molecule has 1 saturated heterocycles.